The molecule has 0 aliphatic heterocycles. The lowest BCUT2D eigenvalue weighted by molar-refractivity contribution is 0.475. The van der Waals surface area contributed by atoms with Crippen molar-refractivity contribution in [3.8, 4) is 5.75 Å². The van der Waals surface area contributed by atoms with Crippen LogP contribution in [0.15, 0.2) is 24.3 Å². The maximum absolute atomic E-state index is 8.76. The number of aryl methyl sites for hydroxylation is 1. The topological polar surface area (TPSA) is 20.2 Å². The lowest BCUT2D eigenvalue weighted by Crippen LogP contribution is -1.85. The predicted octanol–water partition coefficient (Wildman–Crippen LogP) is 6.73. The predicted molar refractivity (Wildman–Crippen MR) is 92.4 cm³/mol. The molecule has 0 radical (unpaired) electrons. The maximum Gasteiger partial charge on any atom is 0.115 e. The highest BCUT2D eigenvalue weighted by Crippen LogP contribution is 2.07. The zero-order valence-corrected chi connectivity index (χ0v) is 14.6. The van der Waals surface area contributed by atoms with Crippen molar-refractivity contribution in [2.75, 3.05) is 0 Å². The average molecular weight is 280 g/mol. The van der Waals surface area contributed by atoms with Gasteiger partial charge in [-0.3, -0.25) is 0 Å². The minimum Gasteiger partial charge on any atom is -0.508 e. The summed E-state index contributed by atoms with van der Waals surface area (Å²) in [4.78, 5) is 0. The minimum atomic E-state index is 0.329. The van der Waals surface area contributed by atoms with Crippen LogP contribution in [0.1, 0.15) is 78.7 Å². The Kier molecular flexibility index (Phi) is 17.1. The molecule has 1 rings (SSSR count). The maximum atomic E-state index is 8.76. The molecule has 20 heavy (non-hydrogen) atoms. The van der Waals surface area contributed by atoms with E-state index in [1.54, 1.807) is 12.1 Å². The molecule has 0 fully saturated rings. The fraction of sp³-hybridized carbons (Fsp3) is 0.684. The second-order valence-corrected chi connectivity index (χ2v) is 5.73. The van der Waals surface area contributed by atoms with Gasteiger partial charge in [0.25, 0.3) is 0 Å². The zero-order valence-electron chi connectivity index (χ0n) is 14.6. The van der Waals surface area contributed by atoms with Crippen LogP contribution in [0, 0.1) is 12.8 Å². The summed E-state index contributed by atoms with van der Waals surface area (Å²) >= 11 is 0. The molecule has 1 aromatic rings. The fourth-order valence-electron chi connectivity index (χ4n) is 1.35. The number of rotatable bonds is 5. The summed E-state index contributed by atoms with van der Waals surface area (Å²) in [7, 11) is 0. The molecule has 1 heteroatoms. The summed E-state index contributed by atoms with van der Waals surface area (Å²) in [5.74, 6) is 1.23. The lowest BCUT2D eigenvalue weighted by Gasteiger charge is -2.00. The van der Waals surface area contributed by atoms with Gasteiger partial charge in [0.2, 0.25) is 0 Å². The summed E-state index contributed by atoms with van der Waals surface area (Å²) in [5.41, 5.74) is 1.17. The standard InChI is InChI=1S/C8H18.C7H8O.C4H10/c1-4-5-6-7-8(2)3;1-6-2-4-7(8)5-3-6;1-3-4-2/h8H,4-7H2,1-3H3;2-5,8H,1H3;3-4H2,1-2H3. The van der Waals surface area contributed by atoms with Crippen molar-refractivity contribution in [1.29, 1.82) is 0 Å². The van der Waals surface area contributed by atoms with E-state index in [0.29, 0.717) is 5.75 Å². The number of benzene rings is 1. The first-order valence-corrected chi connectivity index (χ1v) is 8.23. The van der Waals surface area contributed by atoms with Crippen molar-refractivity contribution < 1.29 is 5.11 Å². The molecule has 1 N–H and O–H groups in total. The Hall–Kier alpha value is -0.980. The second-order valence-electron chi connectivity index (χ2n) is 5.73. The van der Waals surface area contributed by atoms with Crippen molar-refractivity contribution in [1.82, 2.24) is 0 Å². The van der Waals surface area contributed by atoms with E-state index in [0.717, 1.165) is 5.92 Å². The fourth-order valence-corrected chi connectivity index (χ4v) is 1.35. The summed E-state index contributed by atoms with van der Waals surface area (Å²) in [5, 5.41) is 8.76. The Morgan fingerprint density at radius 1 is 0.850 bits per heavy atom. The number of unbranched alkanes of at least 4 members (excludes halogenated alkanes) is 3. The SMILES string of the molecule is CCCC.CCCCCC(C)C.Cc1ccc(O)cc1. The first-order chi connectivity index (χ1) is 9.47. The molecular formula is C19H36O. The number of aromatic hydroxyl groups is 1. The van der Waals surface area contributed by atoms with Crippen molar-refractivity contribution in [3.63, 3.8) is 0 Å². The molecule has 0 atom stereocenters. The number of hydrogen-bond donors (Lipinski definition) is 1. The number of phenolic OH excluding ortho intramolecular Hbond substituents is 1. The third kappa shape index (κ3) is 19.4. The first kappa shape index (κ1) is 21.3. The molecule has 1 aromatic carbocycles. The van der Waals surface area contributed by atoms with E-state index in [1.807, 2.05) is 19.1 Å². The monoisotopic (exact) mass is 280 g/mol. The highest BCUT2D eigenvalue weighted by atomic mass is 16.3. The Bertz CT molecular complexity index is 251. The van der Waals surface area contributed by atoms with Gasteiger partial charge >= 0.3 is 0 Å². The van der Waals surface area contributed by atoms with Gasteiger partial charge in [-0.15, -0.1) is 0 Å². The van der Waals surface area contributed by atoms with E-state index >= 15 is 0 Å². The van der Waals surface area contributed by atoms with Crippen LogP contribution in [-0.2, 0) is 0 Å². The summed E-state index contributed by atoms with van der Waals surface area (Å²) in [6.45, 7) is 13.2. The molecule has 0 saturated carbocycles. The van der Waals surface area contributed by atoms with Gasteiger partial charge in [-0.25, -0.2) is 0 Å². The molecule has 0 amide bonds. The Balaban J connectivity index is 0. The van der Waals surface area contributed by atoms with Crippen LogP contribution in [0.5, 0.6) is 5.75 Å². The molecule has 0 saturated heterocycles. The van der Waals surface area contributed by atoms with Crippen molar-refractivity contribution >= 4 is 0 Å². The van der Waals surface area contributed by atoms with Gasteiger partial charge in [-0.05, 0) is 25.0 Å². The van der Waals surface area contributed by atoms with Crippen molar-refractivity contribution in [2.45, 2.75) is 80.1 Å². The molecule has 0 aromatic heterocycles. The third-order valence-electron chi connectivity index (χ3n) is 2.92. The normalized spacial score (nSPS) is 9.35. The minimum absolute atomic E-state index is 0.329. The van der Waals surface area contributed by atoms with Crippen LogP contribution in [0.25, 0.3) is 0 Å². The summed E-state index contributed by atoms with van der Waals surface area (Å²) < 4.78 is 0. The van der Waals surface area contributed by atoms with Gasteiger partial charge in [0.15, 0.2) is 0 Å². The van der Waals surface area contributed by atoms with E-state index in [4.69, 9.17) is 5.11 Å². The van der Waals surface area contributed by atoms with Gasteiger partial charge in [0.1, 0.15) is 5.75 Å². The van der Waals surface area contributed by atoms with Crippen LogP contribution in [-0.4, -0.2) is 5.11 Å². The summed E-state index contributed by atoms with van der Waals surface area (Å²) in [6, 6.07) is 7.09. The molecule has 0 aliphatic carbocycles. The molecule has 1 nitrogen and oxygen atoms in total. The van der Waals surface area contributed by atoms with E-state index in [9.17, 15) is 0 Å². The van der Waals surface area contributed by atoms with E-state index in [-0.39, 0.29) is 0 Å². The lowest BCUT2D eigenvalue weighted by atomic mass is 10.1. The highest BCUT2D eigenvalue weighted by molar-refractivity contribution is 5.24. The number of hydrogen-bond acceptors (Lipinski definition) is 1. The molecule has 118 valence electrons. The van der Waals surface area contributed by atoms with Crippen LogP contribution in [0.2, 0.25) is 0 Å². The molecule has 0 unspecified atom stereocenters. The van der Waals surface area contributed by atoms with Crippen LogP contribution in [0.3, 0.4) is 0 Å². The van der Waals surface area contributed by atoms with Crippen molar-refractivity contribution in [2.24, 2.45) is 5.92 Å². The average Bonchev–Trinajstić information content (AvgIpc) is 2.43. The largest absolute Gasteiger partial charge is 0.508 e. The first-order valence-electron chi connectivity index (χ1n) is 8.23. The zero-order chi connectivity index (χ0) is 15.8. The van der Waals surface area contributed by atoms with E-state index < -0.39 is 0 Å². The van der Waals surface area contributed by atoms with Gasteiger partial charge in [-0.2, -0.15) is 0 Å². The van der Waals surface area contributed by atoms with Gasteiger partial charge in [0, 0.05) is 0 Å². The Labute approximate surface area is 127 Å². The smallest absolute Gasteiger partial charge is 0.115 e. The molecule has 0 aliphatic rings. The number of phenols is 1. The molecular weight excluding hydrogens is 244 g/mol. The Morgan fingerprint density at radius 3 is 1.65 bits per heavy atom. The second kappa shape index (κ2) is 16.1. The van der Waals surface area contributed by atoms with E-state index in [1.165, 1.54) is 44.1 Å². The van der Waals surface area contributed by atoms with E-state index in [2.05, 4.69) is 34.6 Å². The van der Waals surface area contributed by atoms with Crippen LogP contribution in [0.4, 0.5) is 0 Å². The highest BCUT2D eigenvalue weighted by Gasteiger charge is 1.90. The van der Waals surface area contributed by atoms with Gasteiger partial charge in [-0.1, -0.05) is 90.8 Å². The van der Waals surface area contributed by atoms with Crippen LogP contribution >= 0.6 is 0 Å². The Morgan fingerprint density at radius 2 is 1.35 bits per heavy atom. The van der Waals surface area contributed by atoms with Gasteiger partial charge < -0.3 is 5.11 Å². The van der Waals surface area contributed by atoms with Crippen molar-refractivity contribution in [3.05, 3.63) is 29.8 Å². The summed E-state index contributed by atoms with van der Waals surface area (Å²) in [6.07, 6.45) is 8.24. The third-order valence-corrected chi connectivity index (χ3v) is 2.92. The quantitative estimate of drug-likeness (QED) is 0.593. The van der Waals surface area contributed by atoms with Crippen LogP contribution < -0.4 is 0 Å². The molecule has 0 heterocycles. The molecule has 0 spiro atoms. The molecule has 0 bridgehead atoms. The van der Waals surface area contributed by atoms with Gasteiger partial charge in [0.05, 0.1) is 0 Å².